The minimum Gasteiger partial charge on any atom is -0.179 e. The van der Waals surface area contributed by atoms with Crippen LogP contribution in [-0.4, -0.2) is 5.75 Å². The molecule has 0 bridgehead atoms. The second-order valence-corrected chi connectivity index (χ2v) is 3.72. The summed E-state index contributed by atoms with van der Waals surface area (Å²) in [5.41, 5.74) is 2.33. The summed E-state index contributed by atoms with van der Waals surface area (Å²) in [5, 5.41) is 0.827. The van der Waals surface area contributed by atoms with E-state index in [-0.39, 0.29) is 0 Å². The number of hydrogen-bond acceptors (Lipinski definition) is 1. The van der Waals surface area contributed by atoms with Crippen LogP contribution >= 0.6 is 24.2 Å². The molecule has 0 spiro atoms. The van der Waals surface area contributed by atoms with Crippen molar-refractivity contribution >= 4 is 30.3 Å². The summed E-state index contributed by atoms with van der Waals surface area (Å²) in [7, 11) is 0. The van der Waals surface area contributed by atoms with Crippen molar-refractivity contribution in [1.82, 2.24) is 0 Å². The highest BCUT2D eigenvalue weighted by Gasteiger charge is 1.97. The summed E-state index contributed by atoms with van der Waals surface area (Å²) in [4.78, 5) is 0. The first-order chi connectivity index (χ1) is 6.25. The Bertz CT molecular complexity index is 305. The summed E-state index contributed by atoms with van der Waals surface area (Å²) in [6, 6.07) is 5.94. The van der Waals surface area contributed by atoms with E-state index in [1.165, 1.54) is 5.56 Å². The summed E-state index contributed by atoms with van der Waals surface area (Å²) < 4.78 is 0. The fraction of sp³-hybridized carbons (Fsp3) is 0.273. The van der Waals surface area contributed by atoms with Crippen LogP contribution in [0.3, 0.4) is 0 Å². The van der Waals surface area contributed by atoms with E-state index >= 15 is 0 Å². The Balaban J connectivity index is 2.83. The highest BCUT2D eigenvalue weighted by Crippen LogP contribution is 2.19. The molecule has 0 nitrogen and oxygen atoms in total. The average Bonchev–Trinajstić information content (AvgIpc) is 2.13. The van der Waals surface area contributed by atoms with E-state index < -0.39 is 0 Å². The van der Waals surface area contributed by atoms with Crippen LogP contribution in [0.1, 0.15) is 17.5 Å². The summed E-state index contributed by atoms with van der Waals surface area (Å²) >= 11 is 10.1. The Kier molecular flexibility index (Phi) is 4.40. The molecule has 1 aromatic carbocycles. The van der Waals surface area contributed by atoms with Gasteiger partial charge >= 0.3 is 0 Å². The zero-order valence-electron chi connectivity index (χ0n) is 7.63. The molecular weight excluding hydrogens is 200 g/mol. The molecule has 0 N–H and O–H groups in total. The number of hydrogen-bond donors (Lipinski definition) is 1. The van der Waals surface area contributed by atoms with Crippen LogP contribution in [-0.2, 0) is 0 Å². The maximum absolute atomic E-state index is 5.98. The fourth-order valence-electron chi connectivity index (χ4n) is 1.09. The van der Waals surface area contributed by atoms with Crippen molar-refractivity contribution in [2.45, 2.75) is 13.3 Å². The molecule has 0 aliphatic rings. The number of thiol groups is 1. The highest BCUT2D eigenvalue weighted by molar-refractivity contribution is 7.80. The lowest BCUT2D eigenvalue weighted by molar-refractivity contribution is 1.26. The molecule has 0 amide bonds. The Hall–Kier alpha value is -0.400. The third kappa shape index (κ3) is 3.09. The van der Waals surface area contributed by atoms with Gasteiger partial charge in [-0.15, -0.1) is 0 Å². The topological polar surface area (TPSA) is 0 Å². The second kappa shape index (κ2) is 5.36. The van der Waals surface area contributed by atoms with Crippen LogP contribution in [0.2, 0.25) is 5.02 Å². The van der Waals surface area contributed by atoms with Gasteiger partial charge in [-0.2, -0.15) is 12.6 Å². The maximum atomic E-state index is 5.98. The SMILES string of the molecule is Cc1c(Cl)cccc1C=CCCS. The van der Waals surface area contributed by atoms with Gasteiger partial charge in [-0.05, 0) is 36.3 Å². The van der Waals surface area contributed by atoms with Crippen LogP contribution in [0.5, 0.6) is 0 Å². The van der Waals surface area contributed by atoms with Gasteiger partial charge in [0, 0.05) is 5.02 Å². The van der Waals surface area contributed by atoms with Gasteiger partial charge in [0.1, 0.15) is 0 Å². The lowest BCUT2D eigenvalue weighted by atomic mass is 10.1. The number of allylic oxidation sites excluding steroid dienone is 1. The molecular formula is C11H13ClS. The number of halogens is 1. The molecule has 1 aromatic rings. The molecule has 0 unspecified atom stereocenters. The molecule has 0 aromatic heterocycles. The maximum Gasteiger partial charge on any atom is 0.0441 e. The first-order valence-corrected chi connectivity index (χ1v) is 5.29. The molecule has 0 heterocycles. The van der Waals surface area contributed by atoms with Crippen LogP contribution in [0.25, 0.3) is 6.08 Å². The lowest BCUT2D eigenvalue weighted by Gasteiger charge is -2.01. The van der Waals surface area contributed by atoms with Crippen molar-refractivity contribution in [2.24, 2.45) is 0 Å². The summed E-state index contributed by atoms with van der Waals surface area (Å²) in [6.45, 7) is 2.03. The van der Waals surface area contributed by atoms with Crippen molar-refractivity contribution in [3.05, 3.63) is 40.4 Å². The molecule has 0 atom stereocenters. The van der Waals surface area contributed by atoms with Crippen molar-refractivity contribution in [3.63, 3.8) is 0 Å². The second-order valence-electron chi connectivity index (χ2n) is 2.87. The van der Waals surface area contributed by atoms with E-state index in [0.29, 0.717) is 0 Å². The van der Waals surface area contributed by atoms with Crippen LogP contribution in [0.4, 0.5) is 0 Å². The average molecular weight is 213 g/mol. The molecule has 0 fully saturated rings. The zero-order chi connectivity index (χ0) is 9.68. The van der Waals surface area contributed by atoms with Crippen molar-refractivity contribution in [3.8, 4) is 0 Å². The van der Waals surface area contributed by atoms with Crippen molar-refractivity contribution in [2.75, 3.05) is 5.75 Å². The van der Waals surface area contributed by atoms with E-state index in [0.717, 1.165) is 22.8 Å². The Morgan fingerprint density at radius 3 is 2.92 bits per heavy atom. The van der Waals surface area contributed by atoms with E-state index in [1.807, 2.05) is 19.1 Å². The summed E-state index contributed by atoms with van der Waals surface area (Å²) in [6.07, 6.45) is 5.21. The Labute approximate surface area is 90.0 Å². The molecule has 0 radical (unpaired) electrons. The molecule has 70 valence electrons. The summed E-state index contributed by atoms with van der Waals surface area (Å²) in [5.74, 6) is 0.885. The normalized spacial score (nSPS) is 11.0. The molecule has 0 saturated carbocycles. The molecule has 1 rings (SSSR count). The smallest absolute Gasteiger partial charge is 0.0441 e. The van der Waals surface area contributed by atoms with Gasteiger partial charge in [-0.3, -0.25) is 0 Å². The van der Waals surface area contributed by atoms with Crippen molar-refractivity contribution in [1.29, 1.82) is 0 Å². The van der Waals surface area contributed by atoms with E-state index in [9.17, 15) is 0 Å². The predicted octanol–water partition coefficient (Wildman–Crippen LogP) is 3.98. The molecule has 0 aliphatic carbocycles. The van der Waals surface area contributed by atoms with Gasteiger partial charge in [-0.25, -0.2) is 0 Å². The highest BCUT2D eigenvalue weighted by atomic mass is 35.5. The van der Waals surface area contributed by atoms with Crippen LogP contribution in [0, 0.1) is 6.92 Å². The standard InChI is InChI=1S/C11H13ClS/c1-9-10(5-2-3-8-13)6-4-7-11(9)12/h2,4-7,13H,3,8H2,1H3. The molecule has 0 saturated heterocycles. The van der Waals surface area contributed by atoms with E-state index in [4.69, 9.17) is 11.6 Å². The van der Waals surface area contributed by atoms with Gasteiger partial charge in [0.2, 0.25) is 0 Å². The first-order valence-electron chi connectivity index (χ1n) is 4.28. The van der Waals surface area contributed by atoms with Gasteiger partial charge < -0.3 is 0 Å². The van der Waals surface area contributed by atoms with Gasteiger partial charge in [0.25, 0.3) is 0 Å². The first kappa shape index (κ1) is 10.7. The number of rotatable bonds is 3. The minimum absolute atomic E-state index is 0.827. The lowest BCUT2D eigenvalue weighted by Crippen LogP contribution is -1.81. The van der Waals surface area contributed by atoms with Gasteiger partial charge in [0.15, 0.2) is 0 Å². The van der Waals surface area contributed by atoms with Gasteiger partial charge in [-0.1, -0.05) is 35.9 Å². The Morgan fingerprint density at radius 2 is 2.23 bits per heavy atom. The zero-order valence-corrected chi connectivity index (χ0v) is 9.28. The van der Waals surface area contributed by atoms with E-state index in [2.05, 4.69) is 30.8 Å². The molecule has 2 heteroatoms. The van der Waals surface area contributed by atoms with Gasteiger partial charge in [0.05, 0.1) is 0 Å². The van der Waals surface area contributed by atoms with Crippen LogP contribution in [0.15, 0.2) is 24.3 Å². The molecule has 13 heavy (non-hydrogen) atoms. The van der Waals surface area contributed by atoms with E-state index in [1.54, 1.807) is 0 Å². The fourth-order valence-corrected chi connectivity index (χ4v) is 1.42. The monoisotopic (exact) mass is 212 g/mol. The minimum atomic E-state index is 0.827. The number of benzene rings is 1. The van der Waals surface area contributed by atoms with Crippen molar-refractivity contribution < 1.29 is 0 Å². The molecule has 0 aliphatic heterocycles. The predicted molar refractivity (Wildman–Crippen MR) is 63.7 cm³/mol. The van der Waals surface area contributed by atoms with Crippen LogP contribution < -0.4 is 0 Å². The largest absolute Gasteiger partial charge is 0.179 e. The Morgan fingerprint density at radius 1 is 1.46 bits per heavy atom. The quantitative estimate of drug-likeness (QED) is 0.720. The third-order valence-corrected chi connectivity index (χ3v) is 2.57. The third-order valence-electron chi connectivity index (χ3n) is 1.90.